The van der Waals surface area contributed by atoms with E-state index in [0.29, 0.717) is 0 Å². The predicted octanol–water partition coefficient (Wildman–Crippen LogP) is 5.55. The van der Waals surface area contributed by atoms with Gasteiger partial charge in [-0.25, -0.2) is 9.59 Å². The first-order valence-electron chi connectivity index (χ1n) is 18.7. The van der Waals surface area contributed by atoms with Gasteiger partial charge in [-0.2, -0.15) is 0 Å². The largest absolute Gasteiger partial charge is 0.466 e. The van der Waals surface area contributed by atoms with Crippen molar-refractivity contribution < 1.29 is 43.0 Å². The van der Waals surface area contributed by atoms with Gasteiger partial charge in [0.05, 0.1) is 19.3 Å². The van der Waals surface area contributed by atoms with Crippen LogP contribution in [0.1, 0.15) is 108 Å². The third kappa shape index (κ3) is 14.1. The van der Waals surface area contributed by atoms with E-state index in [1.807, 2.05) is 78.8 Å². The molecular formula is C41H66N4O9. The fourth-order valence-corrected chi connectivity index (χ4v) is 6.02. The maximum absolute atomic E-state index is 14.5. The molecular weight excluding hydrogens is 692 g/mol. The van der Waals surface area contributed by atoms with E-state index in [1.54, 1.807) is 54.7 Å². The molecule has 0 aliphatic carbocycles. The first-order valence-corrected chi connectivity index (χ1v) is 18.7. The summed E-state index contributed by atoms with van der Waals surface area (Å²) in [6, 6.07) is 5.54. The number of ether oxygens (including phenoxy) is 3. The smallest absolute Gasteiger partial charge is 0.410 e. The minimum absolute atomic E-state index is 0.0131. The topological polar surface area (TPSA) is 161 Å². The minimum atomic E-state index is -1.09. The highest BCUT2D eigenvalue weighted by molar-refractivity contribution is 5.96. The molecule has 54 heavy (non-hydrogen) atoms. The Morgan fingerprint density at radius 2 is 1.37 bits per heavy atom. The van der Waals surface area contributed by atoms with Crippen molar-refractivity contribution in [2.75, 3.05) is 27.3 Å². The highest BCUT2D eigenvalue weighted by atomic mass is 16.6. The van der Waals surface area contributed by atoms with Gasteiger partial charge in [0, 0.05) is 31.5 Å². The van der Waals surface area contributed by atoms with E-state index in [9.17, 15) is 28.8 Å². The lowest BCUT2D eigenvalue weighted by Gasteiger charge is -2.42. The lowest BCUT2D eigenvalue weighted by molar-refractivity contribution is -0.148. The average Bonchev–Trinajstić information content (AvgIpc) is 3.06. The van der Waals surface area contributed by atoms with Gasteiger partial charge in [-0.1, -0.05) is 84.9 Å². The standard InChI is InChI=1S/C41H66N4O9/c1-16-52-31(46)24-23-29(37(50)53-17-2)42-34(47)27(5)25-30(26(3)4)44(14)36(49)32(39(6,7)8)43-35(48)33(45(15)38(51)54-40(9,10)11)41(12,13)28-21-19-18-20-22-28/h18-22,25-26,29-30,32-33H,16-17,23-24H2,1-15H3,(H,42,47)(H,43,48)/b27-25+/t29-,30+,32+,33+/m0/s1. The molecule has 1 aromatic rings. The lowest BCUT2D eigenvalue weighted by Crippen LogP contribution is -2.63. The van der Waals surface area contributed by atoms with Crippen LogP contribution in [0.15, 0.2) is 42.0 Å². The molecule has 0 radical (unpaired) electrons. The Labute approximate surface area is 322 Å². The summed E-state index contributed by atoms with van der Waals surface area (Å²) in [6.07, 6.45) is 0.849. The second-order valence-electron chi connectivity index (χ2n) is 16.5. The van der Waals surface area contributed by atoms with Gasteiger partial charge in [0.1, 0.15) is 23.7 Å². The number of nitrogens with one attached hydrogen (secondary N) is 2. The molecule has 4 amide bonds. The van der Waals surface area contributed by atoms with Crippen molar-refractivity contribution >= 4 is 35.8 Å². The molecule has 304 valence electrons. The van der Waals surface area contributed by atoms with E-state index < -0.39 is 76.4 Å². The summed E-state index contributed by atoms with van der Waals surface area (Å²) in [7, 11) is 3.12. The third-order valence-electron chi connectivity index (χ3n) is 8.99. The Bertz CT molecular complexity index is 1480. The maximum Gasteiger partial charge on any atom is 0.410 e. The Morgan fingerprint density at radius 3 is 1.85 bits per heavy atom. The molecule has 0 spiro atoms. The van der Waals surface area contributed by atoms with Crippen molar-refractivity contribution in [2.45, 2.75) is 138 Å². The van der Waals surface area contributed by atoms with E-state index in [1.165, 1.54) is 16.8 Å². The zero-order chi connectivity index (χ0) is 41.8. The number of rotatable bonds is 17. The summed E-state index contributed by atoms with van der Waals surface area (Å²) in [5.74, 6) is -2.87. The van der Waals surface area contributed by atoms with Crippen LogP contribution in [0, 0.1) is 11.3 Å². The van der Waals surface area contributed by atoms with Crippen LogP contribution in [0.5, 0.6) is 0 Å². The SMILES string of the molecule is CCOC(=O)CC[C@H](NC(=O)/C(C)=C/[C@H](C(C)C)N(C)C(=O)[C@@H](NC(=O)[C@@H](N(C)C(=O)OC(C)(C)C)C(C)(C)c1ccccc1)C(C)(C)C)C(=O)OCC. The monoisotopic (exact) mass is 758 g/mol. The molecule has 0 unspecified atom stereocenters. The van der Waals surface area contributed by atoms with Crippen LogP contribution in [0.2, 0.25) is 0 Å². The van der Waals surface area contributed by atoms with Crippen LogP contribution >= 0.6 is 0 Å². The molecule has 0 fully saturated rings. The molecule has 2 N–H and O–H groups in total. The Morgan fingerprint density at radius 1 is 0.815 bits per heavy atom. The van der Waals surface area contributed by atoms with Gasteiger partial charge in [0.2, 0.25) is 17.7 Å². The zero-order valence-electron chi connectivity index (χ0n) is 35.2. The van der Waals surface area contributed by atoms with Crippen molar-refractivity contribution in [3.8, 4) is 0 Å². The van der Waals surface area contributed by atoms with Crippen LogP contribution < -0.4 is 10.6 Å². The van der Waals surface area contributed by atoms with E-state index in [4.69, 9.17) is 14.2 Å². The molecule has 13 heteroatoms. The van der Waals surface area contributed by atoms with Gasteiger partial charge in [-0.05, 0) is 64.9 Å². The van der Waals surface area contributed by atoms with Crippen molar-refractivity contribution in [1.82, 2.24) is 20.4 Å². The Hall–Kier alpha value is -4.42. The van der Waals surface area contributed by atoms with Gasteiger partial charge in [0.25, 0.3) is 0 Å². The molecule has 13 nitrogen and oxygen atoms in total. The predicted molar refractivity (Wildman–Crippen MR) is 208 cm³/mol. The van der Waals surface area contributed by atoms with Crippen molar-refractivity contribution in [1.29, 1.82) is 0 Å². The molecule has 0 saturated heterocycles. The van der Waals surface area contributed by atoms with Gasteiger partial charge in [-0.3, -0.25) is 24.1 Å². The van der Waals surface area contributed by atoms with Gasteiger partial charge >= 0.3 is 18.0 Å². The van der Waals surface area contributed by atoms with Gasteiger partial charge in [0.15, 0.2) is 0 Å². The average molecular weight is 759 g/mol. The quantitative estimate of drug-likeness (QED) is 0.118. The van der Waals surface area contributed by atoms with Crippen molar-refractivity contribution in [3.05, 3.63) is 47.5 Å². The zero-order valence-corrected chi connectivity index (χ0v) is 35.2. The highest BCUT2D eigenvalue weighted by Crippen LogP contribution is 2.32. The summed E-state index contributed by atoms with van der Waals surface area (Å²) >= 11 is 0. The van der Waals surface area contributed by atoms with Crippen LogP contribution in [-0.2, 0) is 43.6 Å². The molecule has 0 bridgehead atoms. The van der Waals surface area contributed by atoms with Crippen LogP contribution in [-0.4, -0.2) is 103 Å². The molecule has 1 aromatic carbocycles. The molecule has 0 heterocycles. The lowest BCUT2D eigenvalue weighted by atomic mass is 9.76. The van der Waals surface area contributed by atoms with E-state index in [0.717, 1.165) is 5.56 Å². The van der Waals surface area contributed by atoms with Crippen LogP contribution in [0.25, 0.3) is 0 Å². The molecule has 0 aromatic heterocycles. The van der Waals surface area contributed by atoms with Crippen LogP contribution in [0.4, 0.5) is 4.79 Å². The summed E-state index contributed by atoms with van der Waals surface area (Å²) in [5.41, 5.74) is -1.47. The summed E-state index contributed by atoms with van der Waals surface area (Å²) in [5, 5.41) is 5.66. The molecule has 0 aliphatic heterocycles. The number of benzene rings is 1. The van der Waals surface area contributed by atoms with Crippen molar-refractivity contribution in [3.63, 3.8) is 0 Å². The Balaban J connectivity index is 3.52. The second kappa shape index (κ2) is 20.3. The molecule has 4 atom stereocenters. The van der Waals surface area contributed by atoms with E-state index in [2.05, 4.69) is 10.6 Å². The van der Waals surface area contributed by atoms with E-state index in [-0.39, 0.29) is 37.5 Å². The first-order chi connectivity index (χ1) is 24.8. The van der Waals surface area contributed by atoms with E-state index >= 15 is 0 Å². The third-order valence-corrected chi connectivity index (χ3v) is 8.99. The number of carbonyl (C=O) groups is 6. The normalized spacial score (nSPS) is 14.6. The number of carbonyl (C=O) groups excluding carboxylic acids is 6. The van der Waals surface area contributed by atoms with Gasteiger partial charge < -0.3 is 29.7 Å². The number of likely N-dealkylation sites (N-methyl/N-ethyl adjacent to an activating group) is 2. The summed E-state index contributed by atoms with van der Waals surface area (Å²) in [6.45, 7) is 23.4. The molecule has 0 saturated carbocycles. The first kappa shape index (κ1) is 47.6. The fourth-order valence-electron chi connectivity index (χ4n) is 6.02. The number of hydrogen-bond donors (Lipinski definition) is 2. The van der Waals surface area contributed by atoms with Gasteiger partial charge in [-0.15, -0.1) is 0 Å². The molecule has 1 rings (SSSR count). The summed E-state index contributed by atoms with van der Waals surface area (Å²) < 4.78 is 15.8. The number of nitrogens with zero attached hydrogens (tertiary/aromatic N) is 2. The maximum atomic E-state index is 14.5. The number of hydrogen-bond acceptors (Lipinski definition) is 9. The fraction of sp³-hybridized carbons (Fsp3) is 0.659. The number of esters is 2. The number of amides is 4. The molecule has 0 aliphatic rings. The Kier molecular flexibility index (Phi) is 17.9. The summed E-state index contributed by atoms with van der Waals surface area (Å²) in [4.78, 5) is 83.2. The minimum Gasteiger partial charge on any atom is -0.466 e. The van der Waals surface area contributed by atoms with Crippen molar-refractivity contribution in [2.24, 2.45) is 11.3 Å². The second-order valence-corrected chi connectivity index (χ2v) is 16.5. The van der Waals surface area contributed by atoms with Crippen LogP contribution in [0.3, 0.4) is 0 Å². The highest BCUT2D eigenvalue weighted by Gasteiger charge is 2.46.